The molecule has 2 aromatic carbocycles. The summed E-state index contributed by atoms with van der Waals surface area (Å²) in [6.45, 7) is -0.00256. The molecule has 34 heavy (non-hydrogen) atoms. The Morgan fingerprint density at radius 1 is 1.12 bits per heavy atom. The van der Waals surface area contributed by atoms with Gasteiger partial charge in [-0.15, -0.1) is 0 Å². The van der Waals surface area contributed by atoms with E-state index < -0.39 is 23.8 Å². The summed E-state index contributed by atoms with van der Waals surface area (Å²) < 4.78 is 11.8. The van der Waals surface area contributed by atoms with E-state index in [1.807, 2.05) is 0 Å². The predicted molar refractivity (Wildman–Crippen MR) is 123 cm³/mol. The smallest absolute Gasteiger partial charge is 0.335 e. The van der Waals surface area contributed by atoms with Gasteiger partial charge in [-0.2, -0.15) is 0 Å². The summed E-state index contributed by atoms with van der Waals surface area (Å²) >= 11 is 3.37. The molecular formula is C24H17BrN2O7. The molecule has 0 unspecified atom stereocenters. The number of halogens is 1. The maximum atomic E-state index is 13.0. The van der Waals surface area contributed by atoms with Gasteiger partial charge < -0.3 is 14.3 Å². The maximum Gasteiger partial charge on any atom is 0.335 e. The first kappa shape index (κ1) is 23.0. The molecule has 0 radical (unpaired) electrons. The second kappa shape index (κ2) is 9.75. The third-order valence-electron chi connectivity index (χ3n) is 4.95. The Balaban J connectivity index is 1.59. The molecule has 1 fully saturated rings. The van der Waals surface area contributed by atoms with Crippen LogP contribution in [-0.4, -0.2) is 33.8 Å². The zero-order chi connectivity index (χ0) is 24.2. The Morgan fingerprint density at radius 2 is 1.88 bits per heavy atom. The summed E-state index contributed by atoms with van der Waals surface area (Å²) in [6, 6.07) is 13.7. The first-order chi connectivity index (χ1) is 16.3. The fourth-order valence-electron chi connectivity index (χ4n) is 3.22. The number of nitrogens with one attached hydrogen (secondary N) is 1. The highest BCUT2D eigenvalue weighted by Crippen LogP contribution is 2.28. The molecule has 0 atom stereocenters. The van der Waals surface area contributed by atoms with Crippen molar-refractivity contribution in [1.29, 1.82) is 0 Å². The van der Waals surface area contributed by atoms with Gasteiger partial charge in [-0.25, -0.2) is 9.59 Å². The average molecular weight is 525 g/mol. The van der Waals surface area contributed by atoms with E-state index in [9.17, 15) is 19.2 Å². The van der Waals surface area contributed by atoms with Crippen molar-refractivity contribution in [1.82, 2.24) is 10.2 Å². The predicted octanol–water partition coefficient (Wildman–Crippen LogP) is 3.98. The number of carbonyl (C=O) groups is 4. The Bertz CT molecular complexity index is 1300. The minimum Gasteiger partial charge on any atom is -0.488 e. The molecule has 1 aromatic heterocycles. The van der Waals surface area contributed by atoms with Gasteiger partial charge in [-0.05, 0) is 54.1 Å². The fourth-order valence-corrected chi connectivity index (χ4v) is 3.60. The lowest BCUT2D eigenvalue weighted by Crippen LogP contribution is -2.53. The van der Waals surface area contributed by atoms with Crippen LogP contribution in [0.2, 0.25) is 0 Å². The summed E-state index contributed by atoms with van der Waals surface area (Å²) in [4.78, 5) is 49.5. The zero-order valence-corrected chi connectivity index (χ0v) is 19.1. The summed E-state index contributed by atoms with van der Waals surface area (Å²) in [5.74, 6) is -1.84. The minimum absolute atomic E-state index is 0.126. The molecule has 1 aliphatic heterocycles. The Kier molecular flexibility index (Phi) is 6.60. The van der Waals surface area contributed by atoms with E-state index in [1.165, 1.54) is 24.5 Å². The highest BCUT2D eigenvalue weighted by molar-refractivity contribution is 9.10. The van der Waals surface area contributed by atoms with Gasteiger partial charge in [0, 0.05) is 10.0 Å². The lowest BCUT2D eigenvalue weighted by molar-refractivity contribution is -0.130. The van der Waals surface area contributed by atoms with Crippen molar-refractivity contribution in [3.63, 3.8) is 0 Å². The topological polar surface area (TPSA) is 126 Å². The van der Waals surface area contributed by atoms with Crippen molar-refractivity contribution >= 4 is 45.8 Å². The van der Waals surface area contributed by atoms with Crippen molar-refractivity contribution in [3.05, 3.63) is 93.4 Å². The van der Waals surface area contributed by atoms with Crippen LogP contribution in [-0.2, 0) is 22.7 Å². The highest BCUT2D eigenvalue weighted by atomic mass is 79.9. The van der Waals surface area contributed by atoms with E-state index in [2.05, 4.69) is 21.2 Å². The van der Waals surface area contributed by atoms with Crippen molar-refractivity contribution in [2.75, 3.05) is 0 Å². The summed E-state index contributed by atoms with van der Waals surface area (Å²) in [7, 11) is 0. The third kappa shape index (κ3) is 5.07. The monoisotopic (exact) mass is 524 g/mol. The van der Waals surface area contributed by atoms with E-state index in [4.69, 9.17) is 14.3 Å². The fraction of sp³-hybridized carbons (Fsp3) is 0.0833. The van der Waals surface area contributed by atoms with Crippen LogP contribution in [0.1, 0.15) is 27.2 Å². The molecule has 172 valence electrons. The molecule has 0 aliphatic carbocycles. The Morgan fingerprint density at radius 3 is 2.56 bits per heavy atom. The Labute approximate surface area is 201 Å². The molecule has 0 saturated carbocycles. The second-order valence-electron chi connectivity index (χ2n) is 7.26. The van der Waals surface area contributed by atoms with Crippen LogP contribution < -0.4 is 10.1 Å². The summed E-state index contributed by atoms with van der Waals surface area (Å²) in [5, 5.41) is 11.2. The zero-order valence-electron chi connectivity index (χ0n) is 17.5. The van der Waals surface area contributed by atoms with Crippen LogP contribution in [0.15, 0.2) is 75.3 Å². The quantitative estimate of drug-likeness (QED) is 0.353. The largest absolute Gasteiger partial charge is 0.488 e. The number of benzene rings is 2. The number of ether oxygens (including phenoxy) is 1. The van der Waals surface area contributed by atoms with Gasteiger partial charge in [0.05, 0.1) is 18.4 Å². The standard InChI is InChI=1S/C24H17BrN2O7/c25-17-7-8-20(34-13-14-3-5-15(6-4-14)23(30)31)16(10-17)11-19-21(28)26-24(32)27(22(19)29)12-18-2-1-9-33-18/h1-11H,12-13H2,(H,30,31)(H,26,28,32)/b19-11+. The van der Waals surface area contributed by atoms with Gasteiger partial charge in [-0.1, -0.05) is 28.1 Å². The van der Waals surface area contributed by atoms with Gasteiger partial charge >= 0.3 is 12.0 Å². The number of furan rings is 1. The molecule has 4 amide bonds. The average Bonchev–Trinajstić information content (AvgIpc) is 3.32. The molecular weight excluding hydrogens is 508 g/mol. The first-order valence-corrected chi connectivity index (χ1v) is 10.8. The molecule has 3 aromatic rings. The number of barbiturate groups is 1. The lowest BCUT2D eigenvalue weighted by atomic mass is 10.1. The number of aromatic carboxylic acids is 1. The molecule has 9 nitrogen and oxygen atoms in total. The SMILES string of the molecule is O=C1NC(=O)N(Cc2ccco2)C(=O)/C1=C/c1cc(Br)ccc1OCc1ccc(C(=O)O)cc1. The number of rotatable bonds is 7. The lowest BCUT2D eigenvalue weighted by Gasteiger charge is -2.25. The van der Waals surface area contributed by atoms with Gasteiger partial charge in [0.2, 0.25) is 0 Å². The first-order valence-electron chi connectivity index (χ1n) is 9.97. The minimum atomic E-state index is -1.02. The van der Waals surface area contributed by atoms with Crippen LogP contribution in [0.3, 0.4) is 0 Å². The van der Waals surface area contributed by atoms with Crippen molar-refractivity contribution in [2.45, 2.75) is 13.2 Å². The van der Waals surface area contributed by atoms with E-state index >= 15 is 0 Å². The number of carboxylic acid groups (broad SMARTS) is 1. The number of urea groups is 1. The Hall–Kier alpha value is -4.18. The molecule has 0 bridgehead atoms. The van der Waals surface area contributed by atoms with E-state index in [1.54, 1.807) is 42.5 Å². The van der Waals surface area contributed by atoms with Gasteiger partial charge in [0.15, 0.2) is 0 Å². The van der Waals surface area contributed by atoms with Gasteiger partial charge in [0.25, 0.3) is 11.8 Å². The molecule has 1 saturated heterocycles. The molecule has 2 N–H and O–H groups in total. The number of nitrogens with zero attached hydrogens (tertiary/aromatic N) is 1. The van der Waals surface area contributed by atoms with Gasteiger partial charge in [0.1, 0.15) is 23.7 Å². The van der Waals surface area contributed by atoms with E-state index in [0.717, 1.165) is 10.5 Å². The molecule has 1 aliphatic rings. The summed E-state index contributed by atoms with van der Waals surface area (Å²) in [5.41, 5.74) is 1.09. The van der Waals surface area contributed by atoms with Crippen LogP contribution in [0.5, 0.6) is 5.75 Å². The maximum absolute atomic E-state index is 13.0. The molecule has 2 heterocycles. The van der Waals surface area contributed by atoms with Gasteiger partial charge in [-0.3, -0.25) is 19.8 Å². The molecule has 0 spiro atoms. The third-order valence-corrected chi connectivity index (χ3v) is 5.44. The van der Waals surface area contributed by atoms with Crippen LogP contribution in [0.25, 0.3) is 6.08 Å². The second-order valence-corrected chi connectivity index (χ2v) is 8.18. The van der Waals surface area contributed by atoms with Crippen molar-refractivity contribution in [3.8, 4) is 5.75 Å². The van der Waals surface area contributed by atoms with E-state index in [0.29, 0.717) is 21.5 Å². The van der Waals surface area contributed by atoms with Crippen molar-refractivity contribution < 1.29 is 33.4 Å². The number of carboxylic acids is 1. The number of hydrogen-bond donors (Lipinski definition) is 2. The number of carbonyl (C=O) groups excluding carboxylic acids is 3. The van der Waals surface area contributed by atoms with Crippen LogP contribution in [0.4, 0.5) is 4.79 Å². The highest BCUT2D eigenvalue weighted by Gasteiger charge is 2.36. The van der Waals surface area contributed by atoms with Crippen LogP contribution >= 0.6 is 15.9 Å². The number of imide groups is 2. The normalized spacial score (nSPS) is 14.9. The number of hydrogen-bond acceptors (Lipinski definition) is 6. The molecule has 10 heteroatoms. The molecule has 4 rings (SSSR count). The van der Waals surface area contributed by atoms with E-state index in [-0.39, 0.29) is 24.3 Å². The van der Waals surface area contributed by atoms with Crippen LogP contribution in [0, 0.1) is 0 Å². The van der Waals surface area contributed by atoms with Crippen molar-refractivity contribution in [2.24, 2.45) is 0 Å². The summed E-state index contributed by atoms with van der Waals surface area (Å²) in [6.07, 6.45) is 2.77. The number of amides is 4.